The summed E-state index contributed by atoms with van der Waals surface area (Å²) in [6.45, 7) is 8.77. The normalized spacial score (nSPS) is 10.7. The van der Waals surface area contributed by atoms with Crippen molar-refractivity contribution in [3.05, 3.63) is 35.4 Å². The molecule has 7 heteroatoms. The Morgan fingerprint density at radius 1 is 1.00 bits per heavy atom. The Balaban J connectivity index is 0.00000576. The lowest BCUT2D eigenvalue weighted by Crippen LogP contribution is -2.34. The summed E-state index contributed by atoms with van der Waals surface area (Å²) < 4.78 is 4.93. The highest BCUT2D eigenvalue weighted by Crippen LogP contribution is 2.13. The van der Waals surface area contributed by atoms with E-state index in [-0.39, 0.29) is 24.2 Å². The first-order chi connectivity index (χ1) is 11.3. The third-order valence-corrected chi connectivity index (χ3v) is 3.42. The number of rotatable bonds is 9. The smallest absolute Gasteiger partial charge is 0.251 e. The third kappa shape index (κ3) is 9.43. The number of amides is 2. The summed E-state index contributed by atoms with van der Waals surface area (Å²) in [5.74, 6) is -0.0980. The first kappa shape index (κ1) is 23.4. The quantitative estimate of drug-likeness (QED) is 0.578. The van der Waals surface area contributed by atoms with Crippen molar-refractivity contribution < 1.29 is 14.3 Å². The fourth-order valence-electron chi connectivity index (χ4n) is 1.89. The lowest BCUT2D eigenvalue weighted by Gasteiger charge is -2.17. The zero-order valence-corrected chi connectivity index (χ0v) is 16.3. The molecule has 0 spiro atoms. The van der Waals surface area contributed by atoms with Crippen LogP contribution in [0.5, 0.6) is 0 Å². The molecule has 6 nitrogen and oxygen atoms in total. The number of nitrogens with one attached hydrogen (secondary N) is 3. The van der Waals surface area contributed by atoms with Crippen LogP contribution in [0.1, 0.15) is 36.7 Å². The Morgan fingerprint density at radius 2 is 1.64 bits per heavy atom. The third-order valence-electron chi connectivity index (χ3n) is 3.42. The van der Waals surface area contributed by atoms with E-state index >= 15 is 0 Å². The molecule has 1 rings (SSSR count). The monoisotopic (exact) mass is 371 g/mol. The number of hydrogen-bond donors (Lipinski definition) is 3. The van der Waals surface area contributed by atoms with Gasteiger partial charge >= 0.3 is 0 Å². The molecular formula is C18H30ClN3O3. The number of halogens is 1. The zero-order chi connectivity index (χ0) is 18.0. The molecule has 0 heterocycles. The number of carbonyl (C=O) groups is 2. The lowest BCUT2D eigenvalue weighted by atomic mass is 9.95. The van der Waals surface area contributed by atoms with Gasteiger partial charge in [0.15, 0.2) is 0 Å². The van der Waals surface area contributed by atoms with Crippen molar-refractivity contribution >= 4 is 24.2 Å². The molecule has 25 heavy (non-hydrogen) atoms. The Labute approximate surface area is 156 Å². The van der Waals surface area contributed by atoms with Gasteiger partial charge in [0, 0.05) is 44.3 Å². The molecule has 0 bridgehead atoms. The lowest BCUT2D eigenvalue weighted by molar-refractivity contribution is -0.128. The molecule has 3 N–H and O–H groups in total. The summed E-state index contributed by atoms with van der Waals surface area (Å²) in [4.78, 5) is 23.8. The summed E-state index contributed by atoms with van der Waals surface area (Å²) in [7, 11) is 1.65. The highest BCUT2D eigenvalue weighted by molar-refractivity contribution is 5.94. The van der Waals surface area contributed by atoms with Crippen LogP contribution in [0.4, 0.5) is 0 Å². The van der Waals surface area contributed by atoms with E-state index in [2.05, 4.69) is 16.0 Å². The van der Waals surface area contributed by atoms with Gasteiger partial charge in [0.2, 0.25) is 5.91 Å². The molecule has 0 saturated heterocycles. The van der Waals surface area contributed by atoms with Crippen molar-refractivity contribution in [1.82, 2.24) is 16.0 Å². The van der Waals surface area contributed by atoms with Crippen molar-refractivity contribution in [2.24, 2.45) is 5.41 Å². The molecule has 0 unspecified atom stereocenters. The van der Waals surface area contributed by atoms with E-state index in [4.69, 9.17) is 4.74 Å². The minimum Gasteiger partial charge on any atom is -0.383 e. The number of carbonyl (C=O) groups excluding carboxylic acids is 2. The van der Waals surface area contributed by atoms with Gasteiger partial charge in [-0.05, 0) is 17.7 Å². The van der Waals surface area contributed by atoms with Crippen LogP contribution in [0, 0.1) is 5.41 Å². The van der Waals surface area contributed by atoms with Crippen LogP contribution in [0.25, 0.3) is 0 Å². The predicted octanol–water partition coefficient (Wildman–Crippen LogP) is 1.74. The van der Waals surface area contributed by atoms with E-state index in [0.717, 1.165) is 12.1 Å². The maximum atomic E-state index is 12.0. The molecule has 1 aromatic carbocycles. The highest BCUT2D eigenvalue weighted by atomic mass is 35.5. The van der Waals surface area contributed by atoms with Crippen LogP contribution < -0.4 is 16.0 Å². The summed E-state index contributed by atoms with van der Waals surface area (Å²) >= 11 is 0. The molecule has 0 fully saturated rings. The standard InChI is InChI=1S/C18H29N3O3.ClH/c1-18(2,3)17(23)21-13-14-5-7-15(8-6-14)16(22)20-10-9-19-11-12-24-4;/h5-8,19H,9-13H2,1-4H3,(H,20,22)(H,21,23);1H. The van der Waals surface area contributed by atoms with E-state index in [1.54, 1.807) is 19.2 Å². The molecule has 0 aromatic heterocycles. The molecule has 1 aromatic rings. The van der Waals surface area contributed by atoms with Crippen LogP contribution in [0.15, 0.2) is 24.3 Å². The second-order valence-corrected chi connectivity index (χ2v) is 6.63. The number of hydrogen-bond acceptors (Lipinski definition) is 4. The maximum Gasteiger partial charge on any atom is 0.251 e. The van der Waals surface area contributed by atoms with Crippen molar-refractivity contribution in [2.75, 3.05) is 33.4 Å². The Kier molecular flexibility index (Phi) is 11.1. The van der Waals surface area contributed by atoms with Gasteiger partial charge in [0.05, 0.1) is 6.61 Å². The fourth-order valence-corrected chi connectivity index (χ4v) is 1.89. The average molecular weight is 372 g/mol. The van der Waals surface area contributed by atoms with E-state index in [1.165, 1.54) is 0 Å². The van der Waals surface area contributed by atoms with Gasteiger partial charge in [-0.1, -0.05) is 32.9 Å². The molecule has 0 saturated carbocycles. The molecule has 0 aliphatic rings. The van der Waals surface area contributed by atoms with Crippen LogP contribution in [0.3, 0.4) is 0 Å². The van der Waals surface area contributed by atoms with Crippen molar-refractivity contribution in [1.29, 1.82) is 0 Å². The molecule has 2 amide bonds. The maximum absolute atomic E-state index is 12.0. The topological polar surface area (TPSA) is 79.5 Å². The van der Waals surface area contributed by atoms with Crippen LogP contribution in [-0.4, -0.2) is 45.2 Å². The molecule has 142 valence electrons. The Bertz CT molecular complexity index is 527. The fraction of sp³-hybridized carbons (Fsp3) is 0.556. The van der Waals surface area contributed by atoms with E-state index < -0.39 is 5.41 Å². The first-order valence-corrected chi connectivity index (χ1v) is 8.19. The van der Waals surface area contributed by atoms with Gasteiger partial charge in [-0.25, -0.2) is 0 Å². The molecule has 0 aliphatic heterocycles. The highest BCUT2D eigenvalue weighted by Gasteiger charge is 2.20. The van der Waals surface area contributed by atoms with Gasteiger partial charge < -0.3 is 20.7 Å². The van der Waals surface area contributed by atoms with Crippen LogP contribution >= 0.6 is 12.4 Å². The molecule has 0 aliphatic carbocycles. The second-order valence-electron chi connectivity index (χ2n) is 6.63. The van der Waals surface area contributed by atoms with Crippen molar-refractivity contribution in [2.45, 2.75) is 27.3 Å². The van der Waals surface area contributed by atoms with Gasteiger partial charge in [-0.3, -0.25) is 9.59 Å². The SMILES string of the molecule is COCCNCCNC(=O)c1ccc(CNC(=O)C(C)(C)C)cc1.Cl. The van der Waals surface area contributed by atoms with Gasteiger partial charge in [0.1, 0.15) is 0 Å². The van der Waals surface area contributed by atoms with Crippen molar-refractivity contribution in [3.8, 4) is 0 Å². The molecular weight excluding hydrogens is 342 g/mol. The van der Waals surface area contributed by atoms with Crippen molar-refractivity contribution in [3.63, 3.8) is 0 Å². The van der Waals surface area contributed by atoms with Gasteiger partial charge in [0.25, 0.3) is 5.91 Å². The zero-order valence-electron chi connectivity index (χ0n) is 15.5. The van der Waals surface area contributed by atoms with E-state index in [9.17, 15) is 9.59 Å². The van der Waals surface area contributed by atoms with Gasteiger partial charge in [-0.15, -0.1) is 12.4 Å². The summed E-state index contributed by atoms with van der Waals surface area (Å²) in [6.07, 6.45) is 0. The summed E-state index contributed by atoms with van der Waals surface area (Å²) in [5.41, 5.74) is 1.17. The van der Waals surface area contributed by atoms with Gasteiger partial charge in [-0.2, -0.15) is 0 Å². The average Bonchev–Trinajstić information content (AvgIpc) is 2.55. The number of methoxy groups -OCH3 is 1. The minimum absolute atomic E-state index is 0. The molecule has 0 atom stereocenters. The molecule has 0 radical (unpaired) electrons. The predicted molar refractivity (Wildman–Crippen MR) is 102 cm³/mol. The Morgan fingerprint density at radius 3 is 2.20 bits per heavy atom. The largest absolute Gasteiger partial charge is 0.383 e. The number of ether oxygens (including phenoxy) is 1. The summed E-state index contributed by atoms with van der Waals surface area (Å²) in [5, 5.41) is 8.90. The van der Waals surface area contributed by atoms with Crippen LogP contribution in [-0.2, 0) is 16.1 Å². The minimum atomic E-state index is -0.406. The van der Waals surface area contributed by atoms with E-state index in [1.807, 2.05) is 32.9 Å². The van der Waals surface area contributed by atoms with Crippen LogP contribution in [0.2, 0.25) is 0 Å². The summed E-state index contributed by atoms with van der Waals surface area (Å²) in [6, 6.07) is 7.25. The first-order valence-electron chi connectivity index (χ1n) is 8.19. The Hall–Kier alpha value is -1.63. The number of benzene rings is 1. The second kappa shape index (κ2) is 11.8. The van der Waals surface area contributed by atoms with E-state index in [0.29, 0.717) is 31.8 Å².